The summed E-state index contributed by atoms with van der Waals surface area (Å²) in [5.74, 6) is 0. The molecule has 0 bridgehead atoms. The zero-order valence-corrected chi connectivity index (χ0v) is 9.27. The Morgan fingerprint density at radius 2 is 1.93 bits per heavy atom. The minimum absolute atomic E-state index is 0.275. The number of hydrogen-bond donors (Lipinski definition) is 0. The van der Waals surface area contributed by atoms with Crippen molar-refractivity contribution in [1.29, 1.82) is 0 Å². The molecule has 0 heterocycles. The van der Waals surface area contributed by atoms with Gasteiger partial charge in [0.15, 0.2) is 0 Å². The lowest BCUT2D eigenvalue weighted by Crippen LogP contribution is -2.23. The van der Waals surface area contributed by atoms with Crippen molar-refractivity contribution in [3.8, 4) is 0 Å². The number of carbonyl (C=O) groups is 1. The van der Waals surface area contributed by atoms with Crippen LogP contribution in [0, 0.1) is 0 Å². The normalized spacial score (nSPS) is 9.73. The van der Waals surface area contributed by atoms with Crippen molar-refractivity contribution in [2.24, 2.45) is 0 Å². The van der Waals surface area contributed by atoms with Crippen molar-refractivity contribution in [3.63, 3.8) is 0 Å². The number of benzene rings is 1. The summed E-state index contributed by atoms with van der Waals surface area (Å²) in [6, 6.07) is 10.2. The maximum absolute atomic E-state index is 11.1. The van der Waals surface area contributed by atoms with Gasteiger partial charge in [0.1, 0.15) is 0 Å². The molecule has 82 valence electrons. The Hall–Kier alpha value is -1.51. The predicted molar refractivity (Wildman–Crippen MR) is 59.8 cm³/mol. The standard InChI is InChI=1S/C12H17NO2/c1-13(2)12(14)15-10-6-9-11-7-4-3-5-8-11/h3-5,7-8H,6,9-10H2,1-2H3. The van der Waals surface area contributed by atoms with Gasteiger partial charge in [-0.25, -0.2) is 4.79 Å². The Morgan fingerprint density at radius 3 is 2.53 bits per heavy atom. The third kappa shape index (κ3) is 4.49. The molecule has 0 aliphatic carbocycles. The van der Waals surface area contributed by atoms with Gasteiger partial charge in [0.05, 0.1) is 6.61 Å². The molecule has 0 spiro atoms. The van der Waals surface area contributed by atoms with Crippen LogP contribution in [0.4, 0.5) is 4.79 Å². The topological polar surface area (TPSA) is 29.5 Å². The van der Waals surface area contributed by atoms with Crippen LogP contribution in [-0.2, 0) is 11.2 Å². The lowest BCUT2D eigenvalue weighted by Gasteiger charge is -2.10. The third-order valence-corrected chi connectivity index (χ3v) is 2.04. The summed E-state index contributed by atoms with van der Waals surface area (Å²) in [5.41, 5.74) is 1.28. The number of amides is 1. The average Bonchev–Trinajstić information content (AvgIpc) is 2.25. The fraction of sp³-hybridized carbons (Fsp3) is 0.417. The Kier molecular flexibility index (Phi) is 4.68. The van der Waals surface area contributed by atoms with Gasteiger partial charge in [0.2, 0.25) is 0 Å². The monoisotopic (exact) mass is 207 g/mol. The molecule has 3 nitrogen and oxygen atoms in total. The second-order valence-electron chi connectivity index (χ2n) is 3.60. The lowest BCUT2D eigenvalue weighted by atomic mass is 10.1. The molecular formula is C12H17NO2. The number of nitrogens with zero attached hydrogens (tertiary/aromatic N) is 1. The van der Waals surface area contributed by atoms with E-state index in [0.717, 1.165) is 12.8 Å². The van der Waals surface area contributed by atoms with E-state index >= 15 is 0 Å². The highest BCUT2D eigenvalue weighted by molar-refractivity contribution is 5.66. The molecule has 0 saturated carbocycles. The third-order valence-electron chi connectivity index (χ3n) is 2.04. The smallest absolute Gasteiger partial charge is 0.409 e. The summed E-state index contributed by atoms with van der Waals surface area (Å²) in [7, 11) is 3.36. The van der Waals surface area contributed by atoms with Crippen LogP contribution in [0.5, 0.6) is 0 Å². The summed E-state index contributed by atoms with van der Waals surface area (Å²) < 4.78 is 5.01. The lowest BCUT2D eigenvalue weighted by molar-refractivity contribution is 0.117. The van der Waals surface area contributed by atoms with Crippen molar-refractivity contribution in [1.82, 2.24) is 4.90 Å². The summed E-state index contributed by atoms with van der Waals surface area (Å²) >= 11 is 0. The van der Waals surface area contributed by atoms with Gasteiger partial charge in [0, 0.05) is 14.1 Å². The number of aryl methyl sites for hydroxylation is 1. The van der Waals surface area contributed by atoms with E-state index < -0.39 is 0 Å². The molecule has 1 aromatic rings. The SMILES string of the molecule is CN(C)C(=O)OCCCc1ccccc1. The number of ether oxygens (including phenoxy) is 1. The first kappa shape index (κ1) is 11.6. The van der Waals surface area contributed by atoms with Crippen molar-refractivity contribution < 1.29 is 9.53 Å². The first-order chi connectivity index (χ1) is 7.20. The van der Waals surface area contributed by atoms with Gasteiger partial charge in [-0.2, -0.15) is 0 Å². The maximum Gasteiger partial charge on any atom is 0.409 e. The van der Waals surface area contributed by atoms with Gasteiger partial charge < -0.3 is 9.64 Å². The number of rotatable bonds is 4. The van der Waals surface area contributed by atoms with Gasteiger partial charge in [-0.1, -0.05) is 30.3 Å². The molecule has 0 unspecified atom stereocenters. The minimum Gasteiger partial charge on any atom is -0.449 e. The Labute approximate surface area is 90.7 Å². The van der Waals surface area contributed by atoms with E-state index in [9.17, 15) is 4.79 Å². The van der Waals surface area contributed by atoms with Crippen molar-refractivity contribution in [3.05, 3.63) is 35.9 Å². The molecule has 0 atom stereocenters. The maximum atomic E-state index is 11.1. The summed E-state index contributed by atoms with van der Waals surface area (Å²) in [6.07, 6.45) is 1.54. The molecule has 0 fully saturated rings. The molecule has 0 saturated heterocycles. The molecule has 1 aromatic carbocycles. The van der Waals surface area contributed by atoms with Gasteiger partial charge in [-0.05, 0) is 18.4 Å². The van der Waals surface area contributed by atoms with E-state index in [1.807, 2.05) is 18.2 Å². The van der Waals surface area contributed by atoms with Gasteiger partial charge in [0.25, 0.3) is 0 Å². The molecular weight excluding hydrogens is 190 g/mol. The molecule has 0 aromatic heterocycles. The van der Waals surface area contributed by atoms with Crippen LogP contribution in [0.2, 0.25) is 0 Å². The minimum atomic E-state index is -0.275. The molecule has 0 N–H and O–H groups in total. The highest BCUT2D eigenvalue weighted by Gasteiger charge is 2.03. The molecule has 1 rings (SSSR count). The summed E-state index contributed by atoms with van der Waals surface area (Å²) in [5, 5.41) is 0. The second kappa shape index (κ2) is 6.06. The van der Waals surface area contributed by atoms with E-state index in [0.29, 0.717) is 6.61 Å². The van der Waals surface area contributed by atoms with Crippen LogP contribution < -0.4 is 0 Å². The second-order valence-corrected chi connectivity index (χ2v) is 3.60. The molecule has 3 heteroatoms. The first-order valence-electron chi connectivity index (χ1n) is 5.08. The first-order valence-corrected chi connectivity index (χ1v) is 5.08. The zero-order valence-electron chi connectivity index (χ0n) is 9.27. The summed E-state index contributed by atoms with van der Waals surface area (Å²) in [6.45, 7) is 0.478. The summed E-state index contributed by atoms with van der Waals surface area (Å²) in [4.78, 5) is 12.5. The van der Waals surface area contributed by atoms with Gasteiger partial charge in [-0.3, -0.25) is 0 Å². The highest BCUT2D eigenvalue weighted by Crippen LogP contribution is 2.02. The molecule has 1 amide bonds. The Bertz CT molecular complexity index is 296. The quantitative estimate of drug-likeness (QED) is 0.709. The Balaban J connectivity index is 2.15. The molecule has 0 aliphatic rings. The number of hydrogen-bond acceptors (Lipinski definition) is 2. The van der Waals surface area contributed by atoms with E-state index in [1.54, 1.807) is 14.1 Å². The zero-order chi connectivity index (χ0) is 11.1. The highest BCUT2D eigenvalue weighted by atomic mass is 16.6. The van der Waals surface area contributed by atoms with E-state index in [-0.39, 0.29) is 6.09 Å². The molecule has 15 heavy (non-hydrogen) atoms. The van der Waals surface area contributed by atoms with E-state index in [1.165, 1.54) is 10.5 Å². The van der Waals surface area contributed by atoms with E-state index in [2.05, 4.69) is 12.1 Å². The van der Waals surface area contributed by atoms with Crippen molar-refractivity contribution in [2.45, 2.75) is 12.8 Å². The van der Waals surface area contributed by atoms with Crippen LogP contribution in [0.25, 0.3) is 0 Å². The van der Waals surface area contributed by atoms with Gasteiger partial charge >= 0.3 is 6.09 Å². The van der Waals surface area contributed by atoms with Crippen LogP contribution in [0.1, 0.15) is 12.0 Å². The van der Waals surface area contributed by atoms with Crippen LogP contribution in [0.15, 0.2) is 30.3 Å². The number of carbonyl (C=O) groups excluding carboxylic acids is 1. The van der Waals surface area contributed by atoms with Crippen LogP contribution in [-0.4, -0.2) is 31.7 Å². The van der Waals surface area contributed by atoms with Crippen molar-refractivity contribution in [2.75, 3.05) is 20.7 Å². The largest absolute Gasteiger partial charge is 0.449 e. The average molecular weight is 207 g/mol. The van der Waals surface area contributed by atoms with Gasteiger partial charge in [-0.15, -0.1) is 0 Å². The van der Waals surface area contributed by atoms with E-state index in [4.69, 9.17) is 4.74 Å². The molecule has 0 radical (unpaired) electrons. The Morgan fingerprint density at radius 1 is 1.27 bits per heavy atom. The fourth-order valence-electron chi connectivity index (χ4n) is 1.21. The van der Waals surface area contributed by atoms with Crippen molar-refractivity contribution >= 4 is 6.09 Å². The fourth-order valence-corrected chi connectivity index (χ4v) is 1.21. The predicted octanol–water partition coefficient (Wildman–Crippen LogP) is 2.32. The molecule has 0 aliphatic heterocycles. The van der Waals surface area contributed by atoms with Crippen LogP contribution >= 0.6 is 0 Å². The van der Waals surface area contributed by atoms with Crippen LogP contribution in [0.3, 0.4) is 0 Å².